The van der Waals surface area contributed by atoms with Crippen molar-refractivity contribution in [2.75, 3.05) is 4.90 Å². The highest BCUT2D eigenvalue weighted by Gasteiger charge is 2.10. The molecule has 0 aliphatic rings. The maximum absolute atomic E-state index is 2.25. The lowest BCUT2D eigenvalue weighted by atomic mass is 10.2. The number of anilines is 3. The largest absolute Gasteiger partial charge is 0.311 e. The Labute approximate surface area is 121 Å². The molecule has 20 heavy (non-hydrogen) atoms. The van der Waals surface area contributed by atoms with Crippen LogP contribution >= 0.6 is 0 Å². The molecule has 0 aromatic heterocycles. The summed E-state index contributed by atoms with van der Waals surface area (Å²) in [4.78, 5) is 2.25. The van der Waals surface area contributed by atoms with Crippen LogP contribution in [0.15, 0.2) is 91.0 Å². The molecule has 3 rings (SSSR count). The summed E-state index contributed by atoms with van der Waals surface area (Å²) >= 11 is 0. The van der Waals surface area contributed by atoms with Crippen LogP contribution in [0.5, 0.6) is 0 Å². The highest BCUT2D eigenvalue weighted by molar-refractivity contribution is 5.76. The van der Waals surface area contributed by atoms with E-state index in [0.29, 0.717) is 0 Å². The van der Waals surface area contributed by atoms with Gasteiger partial charge in [0, 0.05) is 24.5 Å². The van der Waals surface area contributed by atoms with Gasteiger partial charge in [-0.1, -0.05) is 54.6 Å². The monoisotopic (exact) mass is 257 g/mol. The molecule has 0 saturated carbocycles. The van der Waals surface area contributed by atoms with Crippen LogP contribution in [0.3, 0.4) is 0 Å². The molecule has 0 atom stereocenters. The normalized spacial score (nSPS) is 9.60. The highest BCUT2D eigenvalue weighted by Crippen LogP contribution is 2.33. The van der Waals surface area contributed by atoms with Gasteiger partial charge in [-0.25, -0.2) is 0 Å². The van der Waals surface area contributed by atoms with Gasteiger partial charge in [0.2, 0.25) is 0 Å². The maximum Gasteiger partial charge on any atom is 0.0461 e. The van der Waals surface area contributed by atoms with Crippen LogP contribution < -0.4 is 4.90 Å². The van der Waals surface area contributed by atoms with Crippen molar-refractivity contribution in [1.29, 1.82) is 0 Å². The van der Waals surface area contributed by atoms with Crippen molar-refractivity contribution in [2.24, 2.45) is 0 Å². The van der Waals surface area contributed by atoms with Gasteiger partial charge >= 0.3 is 0 Å². The third-order valence-electron chi connectivity index (χ3n) is 3.04. The molecule has 0 aliphatic heterocycles. The minimum Gasteiger partial charge on any atom is -0.311 e. The van der Waals surface area contributed by atoms with E-state index in [1.165, 1.54) is 17.1 Å². The minimum atomic E-state index is 0. The Hall–Kier alpha value is -2.54. The molecule has 4 radical (unpaired) electrons. The zero-order valence-electron chi connectivity index (χ0n) is 11.1. The fourth-order valence-corrected chi connectivity index (χ4v) is 2.18. The third-order valence-corrected chi connectivity index (χ3v) is 3.04. The Morgan fingerprint density at radius 1 is 0.400 bits per heavy atom. The molecule has 1 nitrogen and oxygen atoms in total. The first kappa shape index (κ1) is 13.9. The summed E-state index contributed by atoms with van der Waals surface area (Å²) in [6.45, 7) is 0. The number of hydrogen-bond donors (Lipinski definition) is 0. The Balaban J connectivity index is 0.00000147. The predicted octanol–water partition coefficient (Wildman–Crippen LogP) is 5.24. The van der Waals surface area contributed by atoms with Crippen LogP contribution in [0, 0.1) is 7.43 Å². The molecule has 3 aromatic carbocycles. The Bertz CT molecular complexity index is 524. The van der Waals surface area contributed by atoms with E-state index in [9.17, 15) is 0 Å². The zero-order valence-corrected chi connectivity index (χ0v) is 11.1. The molecular formula is C19H15N. The van der Waals surface area contributed by atoms with Crippen molar-refractivity contribution in [2.45, 2.75) is 0 Å². The molecule has 0 heterocycles. The van der Waals surface area contributed by atoms with E-state index < -0.39 is 0 Å². The van der Waals surface area contributed by atoms with Crippen molar-refractivity contribution in [1.82, 2.24) is 0 Å². The van der Waals surface area contributed by atoms with Gasteiger partial charge < -0.3 is 4.90 Å². The smallest absolute Gasteiger partial charge is 0.0461 e. The SMILES string of the molecule is [C].c1ccc(N(c2ccccc2)c2ccccc2)cc1. The highest BCUT2D eigenvalue weighted by atomic mass is 15.1. The first-order chi connectivity index (χ1) is 9.45. The van der Waals surface area contributed by atoms with Crippen molar-refractivity contribution in [3.8, 4) is 0 Å². The van der Waals surface area contributed by atoms with Crippen LogP contribution in [0.4, 0.5) is 17.1 Å². The Morgan fingerprint density at radius 3 is 0.900 bits per heavy atom. The van der Waals surface area contributed by atoms with E-state index in [2.05, 4.69) is 77.7 Å². The first-order valence-electron chi connectivity index (χ1n) is 6.40. The summed E-state index contributed by atoms with van der Waals surface area (Å²) in [5, 5.41) is 0. The maximum atomic E-state index is 2.25. The van der Waals surface area contributed by atoms with E-state index in [1.807, 2.05) is 18.2 Å². The van der Waals surface area contributed by atoms with E-state index in [4.69, 9.17) is 0 Å². The number of nitrogens with zero attached hydrogens (tertiary/aromatic N) is 1. The van der Waals surface area contributed by atoms with Gasteiger partial charge in [-0.3, -0.25) is 0 Å². The summed E-state index contributed by atoms with van der Waals surface area (Å²) < 4.78 is 0. The molecular weight excluding hydrogens is 242 g/mol. The van der Waals surface area contributed by atoms with Gasteiger partial charge in [0.15, 0.2) is 0 Å². The molecule has 3 aromatic rings. The lowest BCUT2D eigenvalue weighted by molar-refractivity contribution is 1.28. The number of benzene rings is 3. The summed E-state index contributed by atoms with van der Waals surface area (Å²) in [5.74, 6) is 0. The van der Waals surface area contributed by atoms with Gasteiger partial charge in [-0.15, -0.1) is 0 Å². The van der Waals surface area contributed by atoms with E-state index in [0.717, 1.165) is 0 Å². The summed E-state index contributed by atoms with van der Waals surface area (Å²) in [5.41, 5.74) is 3.50. The van der Waals surface area contributed by atoms with Crippen molar-refractivity contribution in [3.05, 3.63) is 98.4 Å². The van der Waals surface area contributed by atoms with E-state index >= 15 is 0 Å². The first-order valence-corrected chi connectivity index (χ1v) is 6.40. The molecule has 0 saturated heterocycles. The molecule has 0 fully saturated rings. The molecule has 1 heteroatoms. The molecule has 0 unspecified atom stereocenters. The second kappa shape index (κ2) is 6.58. The second-order valence-corrected chi connectivity index (χ2v) is 4.34. The van der Waals surface area contributed by atoms with Crippen molar-refractivity contribution in [3.63, 3.8) is 0 Å². The summed E-state index contributed by atoms with van der Waals surface area (Å²) in [6.07, 6.45) is 0. The van der Waals surface area contributed by atoms with Gasteiger partial charge in [0.25, 0.3) is 0 Å². The van der Waals surface area contributed by atoms with Crippen LogP contribution in [-0.2, 0) is 0 Å². The van der Waals surface area contributed by atoms with E-state index in [-0.39, 0.29) is 7.43 Å². The van der Waals surface area contributed by atoms with Gasteiger partial charge in [0.05, 0.1) is 0 Å². The van der Waals surface area contributed by atoms with Crippen LogP contribution in [0.25, 0.3) is 0 Å². The summed E-state index contributed by atoms with van der Waals surface area (Å²) in [7, 11) is 0. The number of para-hydroxylation sites is 3. The fraction of sp³-hybridized carbons (Fsp3) is 0. The minimum absolute atomic E-state index is 0. The second-order valence-electron chi connectivity index (χ2n) is 4.34. The lowest BCUT2D eigenvalue weighted by Gasteiger charge is -2.25. The van der Waals surface area contributed by atoms with Gasteiger partial charge in [-0.2, -0.15) is 0 Å². The molecule has 96 valence electrons. The van der Waals surface area contributed by atoms with Crippen molar-refractivity contribution >= 4 is 17.1 Å². The van der Waals surface area contributed by atoms with Crippen LogP contribution in [0.2, 0.25) is 0 Å². The lowest BCUT2D eigenvalue weighted by Crippen LogP contribution is -2.09. The fourth-order valence-electron chi connectivity index (χ4n) is 2.18. The van der Waals surface area contributed by atoms with Gasteiger partial charge in [0.1, 0.15) is 0 Å². The Morgan fingerprint density at radius 2 is 0.650 bits per heavy atom. The van der Waals surface area contributed by atoms with Crippen LogP contribution in [-0.4, -0.2) is 0 Å². The Kier molecular flexibility index (Phi) is 4.56. The van der Waals surface area contributed by atoms with Crippen LogP contribution in [0.1, 0.15) is 0 Å². The number of hydrogen-bond acceptors (Lipinski definition) is 1. The zero-order chi connectivity index (χ0) is 12.9. The molecule has 0 spiro atoms. The predicted molar refractivity (Wildman–Crippen MR) is 84.4 cm³/mol. The average molecular weight is 257 g/mol. The molecule has 0 bridgehead atoms. The average Bonchev–Trinajstić information content (AvgIpc) is 2.51. The van der Waals surface area contributed by atoms with Crippen molar-refractivity contribution < 1.29 is 0 Å². The van der Waals surface area contributed by atoms with Gasteiger partial charge in [-0.05, 0) is 36.4 Å². The quantitative estimate of drug-likeness (QED) is 0.620. The standard InChI is InChI=1S/C18H15N.C/c1-4-10-16(11-5-1)19(17-12-6-2-7-13-17)18-14-8-3-9-15-18;/h1-15H;. The van der Waals surface area contributed by atoms with E-state index in [1.54, 1.807) is 0 Å². The third kappa shape index (κ3) is 2.89. The molecule has 0 N–H and O–H groups in total. The topological polar surface area (TPSA) is 3.24 Å². The number of rotatable bonds is 3. The molecule has 0 amide bonds. The molecule has 0 aliphatic carbocycles. The summed E-state index contributed by atoms with van der Waals surface area (Å²) in [6, 6.07) is 31.3.